The van der Waals surface area contributed by atoms with Gasteiger partial charge in [-0.2, -0.15) is 0 Å². The molecule has 0 saturated carbocycles. The van der Waals surface area contributed by atoms with E-state index in [-0.39, 0.29) is 12.3 Å². The smallest absolute Gasteiger partial charge is 0.228 e. The van der Waals surface area contributed by atoms with E-state index in [1.807, 2.05) is 12.1 Å². The van der Waals surface area contributed by atoms with Gasteiger partial charge in [0, 0.05) is 10.0 Å². The second-order valence-electron chi connectivity index (χ2n) is 4.39. The summed E-state index contributed by atoms with van der Waals surface area (Å²) in [4.78, 5) is 12.0. The molecule has 2 rings (SSSR count). The van der Waals surface area contributed by atoms with Gasteiger partial charge in [0.25, 0.3) is 0 Å². The highest BCUT2D eigenvalue weighted by atomic mass is 35.5. The monoisotopic (exact) mass is 327 g/mol. The molecule has 2 aromatic carbocycles. The average Bonchev–Trinajstić information content (AvgIpc) is 2.42. The standard InChI is InChI=1S/C15H12Cl3NO/c1-9-12(17)6-7-13(15(9)18)19-14(20)8-10-2-4-11(16)5-3-10/h2-7H,8H2,1H3,(H,19,20). The molecule has 0 atom stereocenters. The molecule has 0 aromatic heterocycles. The highest BCUT2D eigenvalue weighted by Gasteiger charge is 2.10. The molecule has 0 saturated heterocycles. The SMILES string of the molecule is Cc1c(Cl)ccc(NC(=O)Cc2ccc(Cl)cc2)c1Cl. The number of rotatable bonds is 3. The van der Waals surface area contributed by atoms with E-state index >= 15 is 0 Å². The van der Waals surface area contributed by atoms with E-state index in [0.29, 0.717) is 20.8 Å². The Labute approximate surface area is 132 Å². The van der Waals surface area contributed by atoms with Crippen molar-refractivity contribution < 1.29 is 4.79 Å². The summed E-state index contributed by atoms with van der Waals surface area (Å²) < 4.78 is 0. The zero-order valence-electron chi connectivity index (χ0n) is 10.7. The Morgan fingerprint density at radius 1 is 1.05 bits per heavy atom. The number of anilines is 1. The number of halogens is 3. The molecular weight excluding hydrogens is 317 g/mol. The minimum absolute atomic E-state index is 0.143. The van der Waals surface area contributed by atoms with Crippen LogP contribution in [0, 0.1) is 6.92 Å². The maximum absolute atomic E-state index is 12.0. The third-order valence-electron chi connectivity index (χ3n) is 2.87. The zero-order valence-corrected chi connectivity index (χ0v) is 13.0. The molecule has 0 spiro atoms. The van der Waals surface area contributed by atoms with Gasteiger partial charge in [-0.1, -0.05) is 46.9 Å². The van der Waals surface area contributed by atoms with Gasteiger partial charge in [-0.3, -0.25) is 4.79 Å². The van der Waals surface area contributed by atoms with Crippen LogP contribution in [0.1, 0.15) is 11.1 Å². The number of benzene rings is 2. The number of amides is 1. The molecule has 2 aromatic rings. The lowest BCUT2D eigenvalue weighted by Crippen LogP contribution is -2.14. The molecule has 104 valence electrons. The molecule has 0 unspecified atom stereocenters. The topological polar surface area (TPSA) is 29.1 Å². The maximum atomic E-state index is 12.0. The quantitative estimate of drug-likeness (QED) is 0.830. The van der Waals surface area contributed by atoms with E-state index in [1.54, 1.807) is 31.2 Å². The van der Waals surface area contributed by atoms with Gasteiger partial charge in [0.15, 0.2) is 0 Å². The molecule has 0 aliphatic rings. The number of hydrogen-bond donors (Lipinski definition) is 1. The van der Waals surface area contributed by atoms with Crippen LogP contribution in [0.5, 0.6) is 0 Å². The Hall–Kier alpha value is -1.22. The van der Waals surface area contributed by atoms with Gasteiger partial charge < -0.3 is 5.32 Å². The lowest BCUT2D eigenvalue weighted by atomic mass is 10.1. The van der Waals surface area contributed by atoms with Crippen molar-refractivity contribution in [2.24, 2.45) is 0 Å². The molecule has 5 heteroatoms. The van der Waals surface area contributed by atoms with Crippen molar-refractivity contribution >= 4 is 46.4 Å². The molecule has 0 aliphatic heterocycles. The lowest BCUT2D eigenvalue weighted by Gasteiger charge is -2.10. The summed E-state index contributed by atoms with van der Waals surface area (Å²) >= 11 is 17.9. The number of nitrogens with one attached hydrogen (secondary N) is 1. The van der Waals surface area contributed by atoms with Crippen LogP contribution in [-0.4, -0.2) is 5.91 Å². The molecule has 1 amide bonds. The van der Waals surface area contributed by atoms with Gasteiger partial charge >= 0.3 is 0 Å². The summed E-state index contributed by atoms with van der Waals surface area (Å²) in [5.41, 5.74) is 2.19. The van der Waals surface area contributed by atoms with Gasteiger partial charge in [-0.05, 0) is 42.3 Å². The van der Waals surface area contributed by atoms with E-state index in [4.69, 9.17) is 34.8 Å². The van der Waals surface area contributed by atoms with E-state index in [2.05, 4.69) is 5.32 Å². The minimum atomic E-state index is -0.143. The maximum Gasteiger partial charge on any atom is 0.228 e. The molecule has 0 radical (unpaired) electrons. The van der Waals surface area contributed by atoms with Crippen molar-refractivity contribution in [3.05, 3.63) is 62.6 Å². The van der Waals surface area contributed by atoms with Gasteiger partial charge in [-0.25, -0.2) is 0 Å². The summed E-state index contributed by atoms with van der Waals surface area (Å²) in [5, 5.41) is 4.46. The van der Waals surface area contributed by atoms with Crippen molar-refractivity contribution in [1.29, 1.82) is 0 Å². The Bertz CT molecular complexity index is 638. The molecule has 0 aliphatic carbocycles. The second-order valence-corrected chi connectivity index (χ2v) is 5.61. The molecular formula is C15H12Cl3NO. The summed E-state index contributed by atoms with van der Waals surface area (Å²) in [5.74, 6) is -0.143. The zero-order chi connectivity index (χ0) is 14.7. The first kappa shape index (κ1) is 15.2. The first-order chi connectivity index (χ1) is 9.47. The Morgan fingerprint density at radius 2 is 1.70 bits per heavy atom. The highest BCUT2D eigenvalue weighted by molar-refractivity contribution is 6.38. The van der Waals surface area contributed by atoms with Crippen molar-refractivity contribution in [3.63, 3.8) is 0 Å². The third kappa shape index (κ3) is 3.66. The van der Waals surface area contributed by atoms with Gasteiger partial charge in [-0.15, -0.1) is 0 Å². The van der Waals surface area contributed by atoms with E-state index < -0.39 is 0 Å². The fourth-order valence-electron chi connectivity index (χ4n) is 1.74. The van der Waals surface area contributed by atoms with Gasteiger partial charge in [0.05, 0.1) is 17.1 Å². The van der Waals surface area contributed by atoms with Crippen LogP contribution in [0.25, 0.3) is 0 Å². The van der Waals surface area contributed by atoms with Crippen molar-refractivity contribution in [3.8, 4) is 0 Å². The van der Waals surface area contributed by atoms with E-state index in [9.17, 15) is 4.79 Å². The summed E-state index contributed by atoms with van der Waals surface area (Å²) in [7, 11) is 0. The predicted octanol–water partition coefficient (Wildman–Crippen LogP) is 5.14. The molecule has 2 nitrogen and oxygen atoms in total. The first-order valence-corrected chi connectivity index (χ1v) is 7.09. The number of hydrogen-bond acceptors (Lipinski definition) is 1. The van der Waals surface area contributed by atoms with E-state index in [0.717, 1.165) is 11.1 Å². The first-order valence-electron chi connectivity index (χ1n) is 5.96. The van der Waals surface area contributed by atoms with Crippen LogP contribution in [0.15, 0.2) is 36.4 Å². The third-order valence-corrected chi connectivity index (χ3v) is 4.02. The number of carbonyl (C=O) groups is 1. The average molecular weight is 329 g/mol. The van der Waals surface area contributed by atoms with Crippen LogP contribution in [-0.2, 0) is 11.2 Å². The molecule has 0 fully saturated rings. The van der Waals surface area contributed by atoms with E-state index in [1.165, 1.54) is 0 Å². The van der Waals surface area contributed by atoms with Crippen molar-refractivity contribution in [2.45, 2.75) is 13.3 Å². The van der Waals surface area contributed by atoms with Crippen LogP contribution in [0.3, 0.4) is 0 Å². The van der Waals surface area contributed by atoms with Crippen molar-refractivity contribution in [2.75, 3.05) is 5.32 Å². The van der Waals surface area contributed by atoms with Crippen molar-refractivity contribution in [1.82, 2.24) is 0 Å². The fourth-order valence-corrected chi connectivity index (χ4v) is 2.28. The molecule has 1 N–H and O–H groups in total. The lowest BCUT2D eigenvalue weighted by molar-refractivity contribution is -0.115. The Morgan fingerprint density at radius 3 is 2.35 bits per heavy atom. The molecule has 20 heavy (non-hydrogen) atoms. The Kier molecular flexibility index (Phi) is 4.92. The summed E-state index contributed by atoms with van der Waals surface area (Å²) in [6.45, 7) is 1.81. The molecule has 0 bridgehead atoms. The predicted molar refractivity (Wildman–Crippen MR) is 85.0 cm³/mol. The molecule has 0 heterocycles. The van der Waals surface area contributed by atoms with Gasteiger partial charge in [0.1, 0.15) is 0 Å². The summed E-state index contributed by atoms with van der Waals surface area (Å²) in [6.07, 6.45) is 0.259. The fraction of sp³-hybridized carbons (Fsp3) is 0.133. The normalized spacial score (nSPS) is 10.4. The van der Waals surface area contributed by atoms with Crippen LogP contribution < -0.4 is 5.32 Å². The minimum Gasteiger partial charge on any atom is -0.324 e. The largest absolute Gasteiger partial charge is 0.324 e. The summed E-state index contributed by atoms with van der Waals surface area (Å²) in [6, 6.07) is 10.5. The van der Waals surface area contributed by atoms with Crippen LogP contribution >= 0.6 is 34.8 Å². The van der Waals surface area contributed by atoms with Gasteiger partial charge in [0.2, 0.25) is 5.91 Å². The van der Waals surface area contributed by atoms with Crippen LogP contribution in [0.2, 0.25) is 15.1 Å². The number of carbonyl (C=O) groups excluding carboxylic acids is 1. The van der Waals surface area contributed by atoms with Crippen LogP contribution in [0.4, 0.5) is 5.69 Å². The highest BCUT2D eigenvalue weighted by Crippen LogP contribution is 2.30. The Balaban J connectivity index is 2.08. The second kappa shape index (κ2) is 6.49.